The molecule has 0 aliphatic rings. The van der Waals surface area contributed by atoms with Gasteiger partial charge in [0.2, 0.25) is 0 Å². The SMILES string of the molecule is Cc1cc(C)n(CCCNc2ccccc2N)n1. The van der Waals surface area contributed by atoms with Crippen molar-refractivity contribution in [1.29, 1.82) is 0 Å². The predicted octanol–water partition coefficient (Wildman–Crippen LogP) is 2.58. The molecule has 3 N–H and O–H groups in total. The molecular weight excluding hydrogens is 224 g/mol. The van der Waals surface area contributed by atoms with Gasteiger partial charge in [-0.15, -0.1) is 0 Å². The minimum Gasteiger partial charge on any atom is -0.397 e. The van der Waals surface area contributed by atoms with Crippen molar-refractivity contribution in [2.45, 2.75) is 26.8 Å². The van der Waals surface area contributed by atoms with Gasteiger partial charge in [-0.3, -0.25) is 4.68 Å². The summed E-state index contributed by atoms with van der Waals surface area (Å²) in [6.45, 7) is 5.93. The molecule has 0 radical (unpaired) electrons. The van der Waals surface area contributed by atoms with Crippen LogP contribution in [0, 0.1) is 13.8 Å². The lowest BCUT2D eigenvalue weighted by atomic mass is 10.2. The Morgan fingerprint density at radius 3 is 2.72 bits per heavy atom. The van der Waals surface area contributed by atoms with E-state index in [0.717, 1.165) is 36.6 Å². The van der Waals surface area contributed by atoms with Crippen LogP contribution < -0.4 is 11.1 Å². The summed E-state index contributed by atoms with van der Waals surface area (Å²) in [5.41, 5.74) is 9.95. The molecule has 0 spiro atoms. The van der Waals surface area contributed by atoms with Crippen molar-refractivity contribution in [3.63, 3.8) is 0 Å². The van der Waals surface area contributed by atoms with Crippen molar-refractivity contribution in [3.05, 3.63) is 41.7 Å². The summed E-state index contributed by atoms with van der Waals surface area (Å²) < 4.78 is 2.05. The molecular formula is C14H20N4. The molecule has 18 heavy (non-hydrogen) atoms. The second-order valence-electron chi connectivity index (χ2n) is 4.52. The third-order valence-corrected chi connectivity index (χ3v) is 2.93. The normalized spacial score (nSPS) is 10.6. The van der Waals surface area contributed by atoms with Gasteiger partial charge in [0.25, 0.3) is 0 Å². The summed E-state index contributed by atoms with van der Waals surface area (Å²) in [6.07, 6.45) is 1.02. The quantitative estimate of drug-likeness (QED) is 0.628. The molecule has 0 unspecified atom stereocenters. The van der Waals surface area contributed by atoms with E-state index < -0.39 is 0 Å². The summed E-state index contributed by atoms with van der Waals surface area (Å²) in [6, 6.07) is 9.93. The molecule has 0 saturated carbocycles. The van der Waals surface area contributed by atoms with Crippen molar-refractivity contribution >= 4 is 11.4 Å². The number of nitrogens with zero attached hydrogens (tertiary/aromatic N) is 2. The molecule has 0 aliphatic carbocycles. The summed E-state index contributed by atoms with van der Waals surface area (Å²) in [5.74, 6) is 0. The number of para-hydroxylation sites is 2. The van der Waals surface area contributed by atoms with E-state index in [2.05, 4.69) is 23.4 Å². The van der Waals surface area contributed by atoms with E-state index in [-0.39, 0.29) is 0 Å². The molecule has 0 atom stereocenters. The van der Waals surface area contributed by atoms with Crippen LogP contribution in [0.25, 0.3) is 0 Å². The number of hydrogen-bond acceptors (Lipinski definition) is 3. The number of nitrogens with two attached hydrogens (primary N) is 1. The van der Waals surface area contributed by atoms with Crippen LogP contribution in [0.1, 0.15) is 17.8 Å². The molecule has 4 heteroatoms. The molecule has 0 amide bonds. The van der Waals surface area contributed by atoms with Crippen LogP contribution in [0.5, 0.6) is 0 Å². The first-order valence-corrected chi connectivity index (χ1v) is 6.26. The van der Waals surface area contributed by atoms with Crippen LogP contribution in [0.15, 0.2) is 30.3 Å². The summed E-state index contributed by atoms with van der Waals surface area (Å²) in [5, 5.41) is 7.78. The van der Waals surface area contributed by atoms with Gasteiger partial charge in [0.05, 0.1) is 17.1 Å². The lowest BCUT2D eigenvalue weighted by Gasteiger charge is -2.09. The minimum absolute atomic E-state index is 0.795. The second-order valence-corrected chi connectivity index (χ2v) is 4.52. The van der Waals surface area contributed by atoms with Crippen molar-refractivity contribution in [2.75, 3.05) is 17.6 Å². The minimum atomic E-state index is 0.795. The maximum absolute atomic E-state index is 5.86. The lowest BCUT2D eigenvalue weighted by Crippen LogP contribution is -2.09. The molecule has 0 saturated heterocycles. The first-order chi connectivity index (χ1) is 8.66. The largest absolute Gasteiger partial charge is 0.397 e. The number of benzene rings is 1. The zero-order valence-electron chi connectivity index (χ0n) is 11.0. The Labute approximate surface area is 108 Å². The average Bonchev–Trinajstić information content (AvgIpc) is 2.65. The summed E-state index contributed by atoms with van der Waals surface area (Å²) >= 11 is 0. The van der Waals surface area contributed by atoms with E-state index in [1.165, 1.54) is 5.69 Å². The van der Waals surface area contributed by atoms with Crippen molar-refractivity contribution in [1.82, 2.24) is 9.78 Å². The van der Waals surface area contributed by atoms with Crippen LogP contribution in [-0.4, -0.2) is 16.3 Å². The molecule has 1 heterocycles. The highest BCUT2D eigenvalue weighted by Gasteiger charge is 2.00. The molecule has 4 nitrogen and oxygen atoms in total. The molecule has 2 aromatic rings. The standard InChI is InChI=1S/C14H20N4/c1-11-10-12(2)18(17-11)9-5-8-16-14-7-4-3-6-13(14)15/h3-4,6-7,10,16H,5,8-9,15H2,1-2H3. The van der Waals surface area contributed by atoms with Gasteiger partial charge in [0.1, 0.15) is 0 Å². The Morgan fingerprint density at radius 2 is 2.06 bits per heavy atom. The van der Waals surface area contributed by atoms with Gasteiger partial charge >= 0.3 is 0 Å². The molecule has 2 rings (SSSR count). The summed E-state index contributed by atoms with van der Waals surface area (Å²) in [4.78, 5) is 0. The van der Waals surface area contributed by atoms with E-state index in [1.54, 1.807) is 0 Å². The second kappa shape index (κ2) is 5.58. The fraction of sp³-hybridized carbons (Fsp3) is 0.357. The molecule has 96 valence electrons. The molecule has 0 fully saturated rings. The Morgan fingerprint density at radius 1 is 1.28 bits per heavy atom. The molecule has 1 aromatic heterocycles. The van der Waals surface area contributed by atoms with Gasteiger partial charge < -0.3 is 11.1 Å². The van der Waals surface area contributed by atoms with Crippen LogP contribution in [-0.2, 0) is 6.54 Å². The number of rotatable bonds is 5. The van der Waals surface area contributed by atoms with E-state index >= 15 is 0 Å². The third kappa shape index (κ3) is 3.03. The van der Waals surface area contributed by atoms with Crippen LogP contribution >= 0.6 is 0 Å². The molecule has 1 aromatic carbocycles. The first kappa shape index (κ1) is 12.5. The average molecular weight is 244 g/mol. The van der Waals surface area contributed by atoms with Crippen LogP contribution in [0.4, 0.5) is 11.4 Å². The summed E-state index contributed by atoms with van der Waals surface area (Å²) in [7, 11) is 0. The zero-order valence-corrected chi connectivity index (χ0v) is 11.0. The molecule has 0 aliphatic heterocycles. The molecule has 0 bridgehead atoms. The third-order valence-electron chi connectivity index (χ3n) is 2.93. The Hall–Kier alpha value is -1.97. The maximum atomic E-state index is 5.86. The van der Waals surface area contributed by atoms with Crippen LogP contribution in [0.3, 0.4) is 0 Å². The van der Waals surface area contributed by atoms with E-state index in [9.17, 15) is 0 Å². The van der Waals surface area contributed by atoms with E-state index in [4.69, 9.17) is 5.73 Å². The van der Waals surface area contributed by atoms with Crippen LogP contribution in [0.2, 0.25) is 0 Å². The highest BCUT2D eigenvalue weighted by molar-refractivity contribution is 5.65. The van der Waals surface area contributed by atoms with Gasteiger partial charge in [0, 0.05) is 18.8 Å². The Kier molecular flexibility index (Phi) is 3.87. The van der Waals surface area contributed by atoms with Gasteiger partial charge in [-0.25, -0.2) is 0 Å². The number of hydrogen-bond donors (Lipinski definition) is 2. The Bertz CT molecular complexity index is 516. The fourth-order valence-corrected chi connectivity index (χ4v) is 2.01. The number of nitrogen functional groups attached to an aromatic ring is 1. The highest BCUT2D eigenvalue weighted by Crippen LogP contribution is 2.16. The number of anilines is 2. The lowest BCUT2D eigenvalue weighted by molar-refractivity contribution is 0.574. The van der Waals surface area contributed by atoms with E-state index in [0.29, 0.717) is 0 Å². The fourth-order valence-electron chi connectivity index (χ4n) is 2.01. The van der Waals surface area contributed by atoms with Gasteiger partial charge in [-0.05, 0) is 38.5 Å². The Balaban J connectivity index is 1.80. The maximum Gasteiger partial charge on any atom is 0.0596 e. The number of nitrogens with one attached hydrogen (secondary N) is 1. The smallest absolute Gasteiger partial charge is 0.0596 e. The highest BCUT2D eigenvalue weighted by atomic mass is 15.3. The number of aryl methyl sites for hydroxylation is 3. The first-order valence-electron chi connectivity index (χ1n) is 6.26. The van der Waals surface area contributed by atoms with Crippen molar-refractivity contribution in [2.24, 2.45) is 0 Å². The van der Waals surface area contributed by atoms with Crippen molar-refractivity contribution in [3.8, 4) is 0 Å². The zero-order chi connectivity index (χ0) is 13.0. The monoisotopic (exact) mass is 244 g/mol. The van der Waals surface area contributed by atoms with Gasteiger partial charge in [0.15, 0.2) is 0 Å². The number of aromatic nitrogens is 2. The van der Waals surface area contributed by atoms with Crippen molar-refractivity contribution < 1.29 is 0 Å². The topological polar surface area (TPSA) is 55.9 Å². The van der Waals surface area contributed by atoms with Gasteiger partial charge in [-0.1, -0.05) is 12.1 Å². The van der Waals surface area contributed by atoms with Gasteiger partial charge in [-0.2, -0.15) is 5.10 Å². The predicted molar refractivity (Wildman–Crippen MR) is 75.7 cm³/mol. The van der Waals surface area contributed by atoms with E-state index in [1.807, 2.05) is 35.9 Å².